The molecule has 0 atom stereocenters. The second kappa shape index (κ2) is 4.98. The van der Waals surface area contributed by atoms with Crippen molar-refractivity contribution >= 4 is 16.9 Å². The molecule has 114 valence electrons. The fourth-order valence-corrected chi connectivity index (χ4v) is 3.07. The minimum absolute atomic E-state index is 0.616. The van der Waals surface area contributed by atoms with Gasteiger partial charge in [0.25, 0.3) is 0 Å². The number of ether oxygens (including phenoxy) is 1. The number of rotatable bonds is 2. The average molecular weight is 295 g/mol. The van der Waals surface area contributed by atoms with Gasteiger partial charge in [-0.2, -0.15) is 0 Å². The number of methoxy groups -OCH3 is 1. The number of pyridine rings is 1. The number of hydrogen-bond donors (Lipinski definition) is 2. The van der Waals surface area contributed by atoms with Gasteiger partial charge in [-0.15, -0.1) is 0 Å². The van der Waals surface area contributed by atoms with Gasteiger partial charge in [0.2, 0.25) is 0 Å². The van der Waals surface area contributed by atoms with E-state index in [0.29, 0.717) is 11.4 Å². The van der Waals surface area contributed by atoms with Gasteiger partial charge in [-0.05, 0) is 50.1 Å². The molecule has 0 fully saturated rings. The Labute approximate surface area is 130 Å². The van der Waals surface area contributed by atoms with Gasteiger partial charge in [-0.25, -0.2) is 0 Å². The Balaban J connectivity index is 2.44. The summed E-state index contributed by atoms with van der Waals surface area (Å²) >= 11 is 0. The summed E-state index contributed by atoms with van der Waals surface area (Å²) in [5.41, 5.74) is 20.1. The van der Waals surface area contributed by atoms with E-state index in [1.165, 1.54) is 0 Å². The van der Waals surface area contributed by atoms with Gasteiger partial charge >= 0.3 is 0 Å². The highest BCUT2D eigenvalue weighted by atomic mass is 16.5. The number of aryl methyl sites for hydroxylation is 2. The Bertz CT molecular complexity index is 878. The minimum Gasteiger partial charge on any atom is -0.496 e. The number of anilines is 2. The lowest BCUT2D eigenvalue weighted by Gasteiger charge is -2.15. The SMILES string of the molecule is COc1ccc(C)c(-c2c(N)c(N)c3cc(C)ccn23)c1C. The van der Waals surface area contributed by atoms with Crippen molar-refractivity contribution in [2.24, 2.45) is 0 Å². The molecule has 0 saturated carbocycles. The Morgan fingerprint density at radius 1 is 1.00 bits per heavy atom. The van der Waals surface area contributed by atoms with E-state index in [1.807, 2.05) is 32.2 Å². The lowest BCUT2D eigenvalue weighted by molar-refractivity contribution is 0.412. The summed E-state index contributed by atoms with van der Waals surface area (Å²) in [5.74, 6) is 0.848. The summed E-state index contributed by atoms with van der Waals surface area (Å²) in [4.78, 5) is 0. The van der Waals surface area contributed by atoms with Crippen LogP contribution in [0.3, 0.4) is 0 Å². The molecule has 0 bridgehead atoms. The van der Waals surface area contributed by atoms with Crippen molar-refractivity contribution in [3.63, 3.8) is 0 Å². The third kappa shape index (κ3) is 1.91. The van der Waals surface area contributed by atoms with E-state index in [-0.39, 0.29) is 0 Å². The van der Waals surface area contributed by atoms with Gasteiger partial charge in [-0.3, -0.25) is 0 Å². The van der Waals surface area contributed by atoms with Gasteiger partial charge in [-0.1, -0.05) is 6.07 Å². The van der Waals surface area contributed by atoms with E-state index < -0.39 is 0 Å². The highest BCUT2D eigenvalue weighted by Crippen LogP contribution is 2.41. The molecule has 0 saturated heterocycles. The van der Waals surface area contributed by atoms with Crippen LogP contribution in [0.15, 0.2) is 30.5 Å². The number of nitrogen functional groups attached to an aromatic ring is 2. The van der Waals surface area contributed by atoms with Crippen LogP contribution in [-0.2, 0) is 0 Å². The van der Waals surface area contributed by atoms with E-state index in [0.717, 1.165) is 39.2 Å². The number of benzene rings is 1. The lowest BCUT2D eigenvalue weighted by atomic mass is 9.98. The first-order chi connectivity index (χ1) is 10.5. The second-order valence-corrected chi connectivity index (χ2v) is 5.72. The van der Waals surface area contributed by atoms with Crippen LogP contribution in [0, 0.1) is 20.8 Å². The quantitative estimate of drug-likeness (QED) is 0.757. The zero-order valence-electron chi connectivity index (χ0n) is 13.4. The number of nitrogens with zero attached hydrogens (tertiary/aromatic N) is 1. The largest absolute Gasteiger partial charge is 0.496 e. The Morgan fingerprint density at radius 2 is 1.73 bits per heavy atom. The van der Waals surface area contributed by atoms with Gasteiger partial charge in [0.15, 0.2) is 0 Å². The van der Waals surface area contributed by atoms with Crippen molar-refractivity contribution in [1.29, 1.82) is 0 Å². The second-order valence-electron chi connectivity index (χ2n) is 5.72. The molecule has 0 spiro atoms. The zero-order valence-corrected chi connectivity index (χ0v) is 13.4. The topological polar surface area (TPSA) is 65.7 Å². The predicted molar refractivity (Wildman–Crippen MR) is 92.4 cm³/mol. The van der Waals surface area contributed by atoms with Gasteiger partial charge < -0.3 is 20.6 Å². The van der Waals surface area contributed by atoms with Crippen molar-refractivity contribution < 1.29 is 4.74 Å². The summed E-state index contributed by atoms with van der Waals surface area (Å²) in [5, 5.41) is 0. The first kappa shape index (κ1) is 14.3. The standard InChI is InChI=1S/C18H21N3O/c1-10-7-8-21-13(9-10)16(19)17(20)18(21)15-11(2)5-6-14(22-4)12(15)3/h5-9H,19-20H2,1-4H3. The van der Waals surface area contributed by atoms with E-state index in [1.54, 1.807) is 7.11 Å². The molecule has 0 unspecified atom stereocenters. The number of fused-ring (bicyclic) bond motifs is 1. The highest BCUT2D eigenvalue weighted by Gasteiger charge is 2.20. The fourth-order valence-electron chi connectivity index (χ4n) is 3.07. The summed E-state index contributed by atoms with van der Waals surface area (Å²) < 4.78 is 7.52. The van der Waals surface area contributed by atoms with Gasteiger partial charge in [0.05, 0.1) is 29.7 Å². The van der Waals surface area contributed by atoms with E-state index in [9.17, 15) is 0 Å². The lowest BCUT2D eigenvalue weighted by Crippen LogP contribution is -1.99. The third-order valence-electron chi connectivity index (χ3n) is 4.25. The van der Waals surface area contributed by atoms with Crippen LogP contribution in [0.2, 0.25) is 0 Å². The molecule has 0 amide bonds. The van der Waals surface area contributed by atoms with E-state index in [2.05, 4.69) is 23.5 Å². The molecule has 22 heavy (non-hydrogen) atoms. The molecule has 4 nitrogen and oxygen atoms in total. The van der Waals surface area contributed by atoms with E-state index in [4.69, 9.17) is 16.2 Å². The van der Waals surface area contributed by atoms with Crippen LogP contribution in [0.1, 0.15) is 16.7 Å². The molecule has 4 heteroatoms. The molecular formula is C18H21N3O. The summed E-state index contributed by atoms with van der Waals surface area (Å²) in [6, 6.07) is 8.14. The van der Waals surface area contributed by atoms with Crippen LogP contribution in [0.4, 0.5) is 11.4 Å². The van der Waals surface area contributed by atoms with Crippen molar-refractivity contribution in [3.05, 3.63) is 47.2 Å². The van der Waals surface area contributed by atoms with E-state index >= 15 is 0 Å². The normalized spacial score (nSPS) is 11.1. The molecule has 0 radical (unpaired) electrons. The summed E-state index contributed by atoms with van der Waals surface area (Å²) in [7, 11) is 1.68. The van der Waals surface area contributed by atoms with Crippen LogP contribution < -0.4 is 16.2 Å². The van der Waals surface area contributed by atoms with Crippen molar-refractivity contribution in [2.75, 3.05) is 18.6 Å². The average Bonchev–Trinajstić information content (AvgIpc) is 2.73. The number of nitrogens with two attached hydrogens (primary N) is 2. The molecule has 3 rings (SSSR count). The molecule has 4 N–H and O–H groups in total. The summed E-state index contributed by atoms with van der Waals surface area (Å²) in [6.07, 6.45) is 2.02. The van der Waals surface area contributed by atoms with Crippen LogP contribution in [-0.4, -0.2) is 11.5 Å². The van der Waals surface area contributed by atoms with Crippen LogP contribution in [0.25, 0.3) is 16.8 Å². The van der Waals surface area contributed by atoms with Gasteiger partial charge in [0.1, 0.15) is 5.75 Å². The molecule has 1 aromatic carbocycles. The number of hydrogen-bond acceptors (Lipinski definition) is 3. The summed E-state index contributed by atoms with van der Waals surface area (Å²) in [6.45, 7) is 6.17. The maximum absolute atomic E-state index is 6.34. The van der Waals surface area contributed by atoms with Gasteiger partial charge in [0, 0.05) is 17.3 Å². The molecule has 2 aromatic heterocycles. The Morgan fingerprint density at radius 3 is 2.41 bits per heavy atom. The smallest absolute Gasteiger partial charge is 0.122 e. The Kier molecular flexibility index (Phi) is 3.24. The third-order valence-corrected chi connectivity index (χ3v) is 4.25. The molecule has 0 aliphatic carbocycles. The first-order valence-corrected chi connectivity index (χ1v) is 7.26. The first-order valence-electron chi connectivity index (χ1n) is 7.26. The predicted octanol–water partition coefficient (Wildman–Crippen LogP) is 3.70. The molecule has 0 aliphatic heterocycles. The van der Waals surface area contributed by atoms with Crippen molar-refractivity contribution in [1.82, 2.24) is 4.40 Å². The van der Waals surface area contributed by atoms with Crippen LogP contribution in [0.5, 0.6) is 5.75 Å². The molecular weight excluding hydrogens is 274 g/mol. The zero-order chi connectivity index (χ0) is 16.0. The fraction of sp³-hybridized carbons (Fsp3) is 0.222. The Hall–Kier alpha value is -2.62. The highest BCUT2D eigenvalue weighted by molar-refractivity contribution is 5.96. The van der Waals surface area contributed by atoms with Crippen LogP contribution >= 0.6 is 0 Å². The minimum atomic E-state index is 0.616. The molecule has 3 aromatic rings. The molecule has 0 aliphatic rings. The van der Waals surface area contributed by atoms with Crippen molar-refractivity contribution in [2.45, 2.75) is 20.8 Å². The molecule has 2 heterocycles. The monoisotopic (exact) mass is 295 g/mol. The maximum Gasteiger partial charge on any atom is 0.122 e. The van der Waals surface area contributed by atoms with Crippen molar-refractivity contribution in [3.8, 4) is 17.0 Å². The maximum atomic E-state index is 6.34. The number of aromatic nitrogens is 1.